The first-order valence-corrected chi connectivity index (χ1v) is 10.9. The van der Waals surface area contributed by atoms with Crippen LogP contribution in [-0.2, 0) is 19.7 Å². The zero-order valence-electron chi connectivity index (χ0n) is 16.4. The van der Waals surface area contributed by atoms with E-state index in [1.807, 2.05) is 47.6 Å². The molecule has 0 atom stereocenters. The number of aliphatic imine (C=N–C) groups is 1. The molecule has 0 aliphatic heterocycles. The Labute approximate surface area is 152 Å². The third kappa shape index (κ3) is 7.36. The van der Waals surface area contributed by atoms with Crippen molar-refractivity contribution in [2.45, 2.75) is 59.5 Å². The molecule has 4 nitrogen and oxygen atoms in total. The lowest BCUT2D eigenvalue weighted by Crippen LogP contribution is -2.46. The Bertz CT molecular complexity index is 541. The van der Waals surface area contributed by atoms with Gasteiger partial charge in [-0.25, -0.2) is 4.39 Å². The summed E-state index contributed by atoms with van der Waals surface area (Å²) in [6.45, 7) is 13.4. The molecule has 0 amide bonds. The van der Waals surface area contributed by atoms with Gasteiger partial charge in [0.2, 0.25) is 0 Å². The molecule has 1 rings (SSSR count). The Morgan fingerprint density at radius 3 is 2.08 bits per heavy atom. The van der Waals surface area contributed by atoms with Crippen LogP contribution in [0.5, 0.6) is 0 Å². The monoisotopic (exact) mass is 369 g/mol. The standard InChI is InChI=1S/C19H32FNO3Si/c1-7-22-25(23-8-2,24-9-3)14-13-16-11-10-12-18(20)17(16)15-21-19(4,5)6/h10-12,15H,7-9,13-14H2,1-6H3. The lowest BCUT2D eigenvalue weighted by Gasteiger charge is -2.28. The molecule has 0 saturated carbocycles. The quantitative estimate of drug-likeness (QED) is 0.446. The molecule has 0 unspecified atom stereocenters. The van der Waals surface area contributed by atoms with Crippen LogP contribution in [0.1, 0.15) is 52.7 Å². The fourth-order valence-corrected chi connectivity index (χ4v) is 5.07. The van der Waals surface area contributed by atoms with E-state index in [0.29, 0.717) is 37.8 Å². The maximum Gasteiger partial charge on any atom is 0.501 e. The summed E-state index contributed by atoms with van der Waals surface area (Å²) in [6, 6.07) is 5.73. The van der Waals surface area contributed by atoms with Crippen LogP contribution in [0.4, 0.5) is 4.39 Å². The fraction of sp³-hybridized carbons (Fsp3) is 0.632. The normalized spacial score (nSPS) is 12.9. The number of rotatable bonds is 10. The number of nitrogens with zero attached hydrogens (tertiary/aromatic N) is 1. The molecule has 0 bridgehead atoms. The van der Waals surface area contributed by atoms with Crippen molar-refractivity contribution in [1.29, 1.82) is 0 Å². The zero-order valence-corrected chi connectivity index (χ0v) is 17.4. The summed E-state index contributed by atoms with van der Waals surface area (Å²) >= 11 is 0. The van der Waals surface area contributed by atoms with Crippen LogP contribution in [0.15, 0.2) is 23.2 Å². The van der Waals surface area contributed by atoms with E-state index in [-0.39, 0.29) is 11.4 Å². The summed E-state index contributed by atoms with van der Waals surface area (Å²) in [5.74, 6) is -0.262. The van der Waals surface area contributed by atoms with E-state index in [0.717, 1.165) is 5.56 Å². The van der Waals surface area contributed by atoms with E-state index in [1.165, 1.54) is 6.07 Å². The maximum absolute atomic E-state index is 14.3. The van der Waals surface area contributed by atoms with Crippen LogP contribution >= 0.6 is 0 Å². The smallest absolute Gasteiger partial charge is 0.374 e. The number of halogens is 1. The Hall–Kier alpha value is -1.08. The molecule has 0 fully saturated rings. The van der Waals surface area contributed by atoms with Gasteiger partial charge in [0.15, 0.2) is 0 Å². The predicted octanol–water partition coefficient (Wildman–Crippen LogP) is 4.63. The Morgan fingerprint density at radius 2 is 1.60 bits per heavy atom. The molecule has 0 spiro atoms. The second-order valence-electron chi connectivity index (χ2n) is 6.72. The largest absolute Gasteiger partial charge is 0.501 e. The van der Waals surface area contributed by atoms with Crippen LogP contribution < -0.4 is 0 Å². The highest BCUT2D eigenvalue weighted by Crippen LogP contribution is 2.22. The van der Waals surface area contributed by atoms with Crippen LogP contribution in [0.2, 0.25) is 6.04 Å². The van der Waals surface area contributed by atoms with Gasteiger partial charge in [0.05, 0.1) is 5.54 Å². The second kappa shape index (κ2) is 10.2. The van der Waals surface area contributed by atoms with Crippen molar-refractivity contribution in [3.05, 3.63) is 35.1 Å². The Kier molecular flexibility index (Phi) is 8.92. The summed E-state index contributed by atoms with van der Waals surface area (Å²) < 4.78 is 32.0. The minimum atomic E-state index is -2.75. The fourth-order valence-electron chi connectivity index (χ4n) is 2.49. The predicted molar refractivity (Wildman–Crippen MR) is 103 cm³/mol. The van der Waals surface area contributed by atoms with Gasteiger partial charge in [0.25, 0.3) is 0 Å². The lowest BCUT2D eigenvalue weighted by molar-refractivity contribution is 0.0714. The van der Waals surface area contributed by atoms with E-state index in [4.69, 9.17) is 13.3 Å². The van der Waals surface area contributed by atoms with Gasteiger partial charge in [0.1, 0.15) is 5.82 Å². The molecule has 0 heterocycles. The van der Waals surface area contributed by atoms with Crippen molar-refractivity contribution in [3.63, 3.8) is 0 Å². The molecule has 1 aromatic rings. The molecule has 142 valence electrons. The summed E-state index contributed by atoms with van der Waals surface area (Å²) in [7, 11) is -2.75. The number of hydrogen-bond acceptors (Lipinski definition) is 4. The van der Waals surface area contributed by atoms with Crippen molar-refractivity contribution >= 4 is 15.0 Å². The molecule has 0 radical (unpaired) electrons. The van der Waals surface area contributed by atoms with Gasteiger partial charge in [-0.05, 0) is 59.6 Å². The SMILES string of the molecule is CCO[Si](CCc1cccc(F)c1C=NC(C)(C)C)(OCC)OCC. The maximum atomic E-state index is 14.3. The van der Waals surface area contributed by atoms with Crippen molar-refractivity contribution in [2.75, 3.05) is 19.8 Å². The van der Waals surface area contributed by atoms with Crippen molar-refractivity contribution < 1.29 is 17.7 Å². The second-order valence-corrected chi connectivity index (χ2v) is 9.46. The van der Waals surface area contributed by atoms with E-state index in [2.05, 4.69) is 4.99 Å². The minimum absolute atomic E-state index is 0.250. The number of hydrogen-bond donors (Lipinski definition) is 0. The summed E-state index contributed by atoms with van der Waals surface area (Å²) in [5, 5.41) is 0. The Morgan fingerprint density at radius 1 is 1.04 bits per heavy atom. The van der Waals surface area contributed by atoms with E-state index in [1.54, 1.807) is 12.3 Å². The minimum Gasteiger partial charge on any atom is -0.374 e. The molecule has 0 aromatic heterocycles. The Balaban J connectivity index is 3.04. The molecular weight excluding hydrogens is 337 g/mol. The summed E-state index contributed by atoms with van der Waals surface area (Å²) in [5.41, 5.74) is 1.17. The highest BCUT2D eigenvalue weighted by Gasteiger charge is 2.40. The van der Waals surface area contributed by atoms with Crippen molar-refractivity contribution in [2.24, 2.45) is 4.99 Å². The van der Waals surface area contributed by atoms with Gasteiger partial charge < -0.3 is 13.3 Å². The van der Waals surface area contributed by atoms with E-state index >= 15 is 0 Å². The van der Waals surface area contributed by atoms with Gasteiger partial charge >= 0.3 is 8.80 Å². The number of aryl methyl sites for hydroxylation is 1. The third-order valence-electron chi connectivity index (χ3n) is 3.52. The van der Waals surface area contributed by atoms with Crippen molar-refractivity contribution in [3.8, 4) is 0 Å². The van der Waals surface area contributed by atoms with Gasteiger partial charge in [-0.3, -0.25) is 4.99 Å². The van der Waals surface area contributed by atoms with Crippen LogP contribution in [0, 0.1) is 5.82 Å². The topological polar surface area (TPSA) is 40.0 Å². The molecule has 0 aliphatic rings. The van der Waals surface area contributed by atoms with Crippen LogP contribution in [0.3, 0.4) is 0 Å². The average molecular weight is 370 g/mol. The van der Waals surface area contributed by atoms with Crippen LogP contribution in [0.25, 0.3) is 0 Å². The van der Waals surface area contributed by atoms with Crippen LogP contribution in [-0.4, -0.2) is 40.4 Å². The molecular formula is C19H32FNO3Si. The molecule has 25 heavy (non-hydrogen) atoms. The molecule has 0 saturated heterocycles. The van der Waals surface area contributed by atoms with Gasteiger partial charge in [-0.2, -0.15) is 0 Å². The average Bonchev–Trinajstić information content (AvgIpc) is 2.52. The van der Waals surface area contributed by atoms with E-state index < -0.39 is 8.80 Å². The van der Waals surface area contributed by atoms with Gasteiger partial charge in [-0.15, -0.1) is 0 Å². The summed E-state index contributed by atoms with van der Waals surface area (Å²) in [4.78, 5) is 4.45. The third-order valence-corrected chi connectivity index (χ3v) is 6.57. The van der Waals surface area contributed by atoms with Gasteiger partial charge in [0, 0.05) is 37.6 Å². The highest BCUT2D eigenvalue weighted by molar-refractivity contribution is 6.60. The van der Waals surface area contributed by atoms with Crippen molar-refractivity contribution in [1.82, 2.24) is 0 Å². The van der Waals surface area contributed by atoms with E-state index in [9.17, 15) is 4.39 Å². The molecule has 6 heteroatoms. The number of benzene rings is 1. The molecule has 0 aliphatic carbocycles. The van der Waals surface area contributed by atoms with Gasteiger partial charge in [-0.1, -0.05) is 12.1 Å². The molecule has 1 aromatic carbocycles. The first-order valence-electron chi connectivity index (χ1n) is 9.01. The first-order chi connectivity index (χ1) is 11.8. The summed E-state index contributed by atoms with van der Waals surface area (Å²) in [6.07, 6.45) is 2.26. The molecule has 0 N–H and O–H groups in total. The first kappa shape index (κ1) is 22.0. The zero-order chi connectivity index (χ0) is 18.9. The lowest BCUT2D eigenvalue weighted by atomic mass is 10.0. The highest BCUT2D eigenvalue weighted by atomic mass is 28.4.